The van der Waals surface area contributed by atoms with Crippen molar-refractivity contribution in [3.05, 3.63) is 40.7 Å². The van der Waals surface area contributed by atoms with Gasteiger partial charge in [-0.3, -0.25) is 0 Å². The molecule has 1 saturated carbocycles. The number of hydrogen-bond acceptors (Lipinski definition) is 3. The Kier molecular flexibility index (Phi) is 4.96. The predicted molar refractivity (Wildman–Crippen MR) is 95.8 cm³/mol. The minimum absolute atomic E-state index is 0.485. The van der Waals surface area contributed by atoms with E-state index < -0.39 is 0 Å². The first-order valence-corrected chi connectivity index (χ1v) is 9.36. The van der Waals surface area contributed by atoms with Crippen LogP contribution in [0.15, 0.2) is 24.4 Å². The van der Waals surface area contributed by atoms with Crippen LogP contribution in [-0.2, 0) is 4.18 Å². The Morgan fingerprint density at radius 3 is 2.77 bits per heavy atom. The molecule has 22 heavy (non-hydrogen) atoms. The predicted octanol–water partition coefficient (Wildman–Crippen LogP) is 5.80. The molecule has 0 N–H and O–H groups in total. The maximum absolute atomic E-state index is 6.13. The molecule has 2 nitrogen and oxygen atoms in total. The van der Waals surface area contributed by atoms with Crippen LogP contribution in [0, 0.1) is 5.92 Å². The lowest BCUT2D eigenvalue weighted by molar-refractivity contribution is 0.177. The van der Waals surface area contributed by atoms with Gasteiger partial charge in [-0.15, -0.1) is 0 Å². The van der Waals surface area contributed by atoms with Gasteiger partial charge in [-0.25, -0.2) is 4.98 Å². The lowest BCUT2D eigenvalue weighted by atomic mass is 9.70. The first-order chi connectivity index (χ1) is 10.6. The number of aromatic nitrogens is 1. The normalized spacial score (nSPS) is 21.3. The Morgan fingerprint density at radius 1 is 1.32 bits per heavy atom. The zero-order chi connectivity index (χ0) is 15.7. The van der Waals surface area contributed by atoms with Crippen LogP contribution < -0.4 is 0 Å². The zero-order valence-electron chi connectivity index (χ0n) is 13.3. The van der Waals surface area contributed by atoms with E-state index in [0.29, 0.717) is 22.9 Å². The van der Waals surface area contributed by atoms with E-state index in [4.69, 9.17) is 15.8 Å². The number of pyridine rings is 1. The summed E-state index contributed by atoms with van der Waals surface area (Å²) in [6, 6.07) is 6.58. The van der Waals surface area contributed by atoms with Crippen LogP contribution in [0.4, 0.5) is 0 Å². The largest absolute Gasteiger partial charge is 0.315 e. The minimum atomic E-state index is 0.485. The second-order valence-corrected chi connectivity index (χ2v) is 7.39. The van der Waals surface area contributed by atoms with E-state index in [2.05, 4.69) is 31.0 Å². The van der Waals surface area contributed by atoms with E-state index in [1.807, 2.05) is 18.5 Å². The molecule has 118 valence electrons. The van der Waals surface area contributed by atoms with Crippen LogP contribution in [0.25, 0.3) is 10.8 Å². The van der Waals surface area contributed by atoms with E-state index >= 15 is 0 Å². The third-order valence-corrected chi connectivity index (χ3v) is 5.23. The van der Waals surface area contributed by atoms with Crippen molar-refractivity contribution in [3.8, 4) is 0 Å². The SMILES string of the molecule is CSOCC1CC(c2ccc(C(C)C)c3cc(Cl)ncc23)C1. The fraction of sp³-hybridized carbons (Fsp3) is 0.500. The molecule has 0 amide bonds. The van der Waals surface area contributed by atoms with Crippen molar-refractivity contribution in [1.82, 2.24) is 4.98 Å². The monoisotopic (exact) mass is 335 g/mol. The number of hydrogen-bond donors (Lipinski definition) is 0. The van der Waals surface area contributed by atoms with Crippen LogP contribution in [0.1, 0.15) is 49.7 Å². The lowest BCUT2D eigenvalue weighted by Crippen LogP contribution is -2.25. The fourth-order valence-corrected chi connectivity index (χ4v) is 3.89. The van der Waals surface area contributed by atoms with Gasteiger partial charge >= 0.3 is 0 Å². The van der Waals surface area contributed by atoms with Crippen LogP contribution in [0.2, 0.25) is 5.15 Å². The summed E-state index contributed by atoms with van der Waals surface area (Å²) in [5.74, 6) is 1.80. The molecule has 0 atom stereocenters. The summed E-state index contributed by atoms with van der Waals surface area (Å²) in [4.78, 5) is 4.32. The molecule has 1 heterocycles. The van der Waals surface area contributed by atoms with E-state index in [9.17, 15) is 0 Å². The summed E-state index contributed by atoms with van der Waals surface area (Å²) in [7, 11) is 0. The fourth-order valence-electron chi connectivity index (χ4n) is 3.41. The number of halogens is 1. The summed E-state index contributed by atoms with van der Waals surface area (Å²) in [5.41, 5.74) is 2.77. The van der Waals surface area contributed by atoms with Crippen molar-refractivity contribution in [1.29, 1.82) is 0 Å². The first kappa shape index (κ1) is 16.1. The summed E-state index contributed by atoms with van der Waals surface area (Å²) in [6.45, 7) is 5.31. The maximum atomic E-state index is 6.13. The van der Waals surface area contributed by atoms with Crippen molar-refractivity contribution < 1.29 is 4.18 Å². The number of rotatable bonds is 5. The van der Waals surface area contributed by atoms with Gasteiger partial charge in [-0.1, -0.05) is 37.6 Å². The molecular formula is C18H22ClNOS. The number of nitrogens with zero attached hydrogens (tertiary/aromatic N) is 1. The van der Waals surface area contributed by atoms with Gasteiger partial charge in [0.05, 0.1) is 6.61 Å². The van der Waals surface area contributed by atoms with Crippen molar-refractivity contribution in [2.24, 2.45) is 5.92 Å². The average molecular weight is 336 g/mol. The van der Waals surface area contributed by atoms with Gasteiger partial charge in [0, 0.05) is 17.8 Å². The smallest absolute Gasteiger partial charge is 0.129 e. The Balaban J connectivity index is 1.90. The molecule has 1 aliphatic rings. The molecule has 3 rings (SSSR count). The second kappa shape index (κ2) is 6.77. The Bertz CT molecular complexity index is 667. The summed E-state index contributed by atoms with van der Waals surface area (Å²) < 4.78 is 5.46. The molecule has 2 aromatic rings. The Hall–Kier alpha value is -0.770. The topological polar surface area (TPSA) is 22.1 Å². The molecule has 0 unspecified atom stereocenters. The molecule has 0 radical (unpaired) electrons. The van der Waals surface area contributed by atoms with E-state index in [1.165, 1.54) is 46.8 Å². The van der Waals surface area contributed by atoms with Gasteiger partial charge in [-0.05, 0) is 65.2 Å². The molecular weight excluding hydrogens is 314 g/mol. The summed E-state index contributed by atoms with van der Waals surface area (Å²) in [6.07, 6.45) is 6.34. The molecule has 1 aromatic carbocycles. The number of benzene rings is 1. The van der Waals surface area contributed by atoms with Crippen molar-refractivity contribution in [2.45, 2.75) is 38.5 Å². The van der Waals surface area contributed by atoms with Crippen LogP contribution in [-0.4, -0.2) is 17.8 Å². The second-order valence-electron chi connectivity index (χ2n) is 6.44. The van der Waals surface area contributed by atoms with Gasteiger partial charge in [0.15, 0.2) is 0 Å². The molecule has 0 aliphatic heterocycles. The highest BCUT2D eigenvalue weighted by atomic mass is 35.5. The van der Waals surface area contributed by atoms with E-state index in [-0.39, 0.29) is 0 Å². The third-order valence-electron chi connectivity index (χ3n) is 4.65. The van der Waals surface area contributed by atoms with Crippen LogP contribution >= 0.6 is 23.6 Å². The highest BCUT2D eigenvalue weighted by Crippen LogP contribution is 2.45. The Morgan fingerprint density at radius 2 is 2.09 bits per heavy atom. The molecule has 0 spiro atoms. The quantitative estimate of drug-likeness (QED) is 0.509. The number of fused-ring (bicyclic) bond motifs is 1. The summed E-state index contributed by atoms with van der Waals surface area (Å²) >= 11 is 7.59. The summed E-state index contributed by atoms with van der Waals surface area (Å²) in [5, 5.41) is 3.10. The van der Waals surface area contributed by atoms with Crippen LogP contribution in [0.3, 0.4) is 0 Å². The van der Waals surface area contributed by atoms with Crippen molar-refractivity contribution in [3.63, 3.8) is 0 Å². The third kappa shape index (κ3) is 3.12. The molecule has 0 saturated heterocycles. The van der Waals surface area contributed by atoms with Gasteiger partial charge in [0.2, 0.25) is 0 Å². The highest BCUT2D eigenvalue weighted by Gasteiger charge is 2.31. The highest BCUT2D eigenvalue weighted by molar-refractivity contribution is 7.93. The van der Waals surface area contributed by atoms with Gasteiger partial charge in [0.1, 0.15) is 5.15 Å². The molecule has 1 fully saturated rings. The van der Waals surface area contributed by atoms with E-state index in [0.717, 1.165) is 6.61 Å². The molecule has 1 aliphatic carbocycles. The standard InChI is InChI=1S/C18H22ClNOS/c1-11(2)14-4-5-15(13-6-12(7-13)10-21-22-3)17-9-20-18(19)8-16(14)17/h4-5,8-9,11-13H,6-7,10H2,1-3H3. The first-order valence-electron chi connectivity index (χ1n) is 7.83. The zero-order valence-corrected chi connectivity index (χ0v) is 14.9. The lowest BCUT2D eigenvalue weighted by Gasteiger charge is -2.36. The van der Waals surface area contributed by atoms with Gasteiger partial charge < -0.3 is 4.18 Å². The molecule has 4 heteroatoms. The van der Waals surface area contributed by atoms with Crippen molar-refractivity contribution >= 4 is 34.4 Å². The average Bonchev–Trinajstić information content (AvgIpc) is 2.44. The maximum Gasteiger partial charge on any atom is 0.129 e. The van der Waals surface area contributed by atoms with Gasteiger partial charge in [0.25, 0.3) is 0 Å². The van der Waals surface area contributed by atoms with Crippen molar-refractivity contribution in [2.75, 3.05) is 12.9 Å². The van der Waals surface area contributed by atoms with Gasteiger partial charge in [-0.2, -0.15) is 0 Å². The minimum Gasteiger partial charge on any atom is -0.315 e. The molecule has 1 aromatic heterocycles. The Labute approximate surface area is 141 Å². The van der Waals surface area contributed by atoms with E-state index in [1.54, 1.807) is 0 Å². The van der Waals surface area contributed by atoms with Crippen LogP contribution in [0.5, 0.6) is 0 Å². The molecule has 0 bridgehead atoms.